The second-order valence-corrected chi connectivity index (χ2v) is 3.52. The van der Waals surface area contributed by atoms with E-state index in [-0.39, 0.29) is 5.78 Å². The molecule has 70 valence electrons. The van der Waals surface area contributed by atoms with Crippen molar-refractivity contribution < 1.29 is 4.79 Å². The van der Waals surface area contributed by atoms with E-state index in [4.69, 9.17) is 0 Å². The van der Waals surface area contributed by atoms with Crippen LogP contribution < -0.4 is 0 Å². The minimum Gasteiger partial charge on any atom is -0.293 e. The van der Waals surface area contributed by atoms with Gasteiger partial charge in [0.2, 0.25) is 0 Å². The standard InChI is InChI=1S/C9H7N3OS/c13-8(9-6-11-12-14-9)5-7-1-3-10-4-2-7/h1-4,6H,5H2. The van der Waals surface area contributed by atoms with Crippen molar-refractivity contribution >= 4 is 17.3 Å². The fraction of sp³-hybridized carbons (Fsp3) is 0.111. The lowest BCUT2D eigenvalue weighted by Crippen LogP contribution is -2.00. The Morgan fingerprint density at radius 2 is 2.14 bits per heavy atom. The fourth-order valence-corrected chi connectivity index (χ4v) is 1.51. The third-order valence-corrected chi connectivity index (χ3v) is 2.46. The van der Waals surface area contributed by atoms with E-state index in [9.17, 15) is 4.79 Å². The molecule has 4 nitrogen and oxygen atoms in total. The summed E-state index contributed by atoms with van der Waals surface area (Å²) in [6, 6.07) is 3.65. The minimum absolute atomic E-state index is 0.0474. The third kappa shape index (κ3) is 2.00. The Hall–Kier alpha value is -1.62. The maximum Gasteiger partial charge on any atom is 0.180 e. The van der Waals surface area contributed by atoms with Gasteiger partial charge in [0.15, 0.2) is 5.78 Å². The summed E-state index contributed by atoms with van der Waals surface area (Å²) in [6.45, 7) is 0. The average Bonchev–Trinajstić information content (AvgIpc) is 2.72. The van der Waals surface area contributed by atoms with Gasteiger partial charge in [0.05, 0.1) is 6.20 Å². The van der Waals surface area contributed by atoms with Crippen molar-refractivity contribution in [3.63, 3.8) is 0 Å². The molecule has 0 aliphatic heterocycles. The molecule has 0 spiro atoms. The van der Waals surface area contributed by atoms with E-state index in [2.05, 4.69) is 14.6 Å². The van der Waals surface area contributed by atoms with Crippen molar-refractivity contribution in [2.75, 3.05) is 0 Å². The first kappa shape index (κ1) is 8.96. The first-order valence-electron chi connectivity index (χ1n) is 4.06. The molecule has 0 atom stereocenters. The summed E-state index contributed by atoms with van der Waals surface area (Å²) in [5.74, 6) is 0.0474. The highest BCUT2D eigenvalue weighted by Crippen LogP contribution is 2.08. The van der Waals surface area contributed by atoms with Gasteiger partial charge in [0.1, 0.15) is 4.88 Å². The molecule has 0 aliphatic carbocycles. The van der Waals surface area contributed by atoms with Gasteiger partial charge in [-0.1, -0.05) is 4.49 Å². The highest BCUT2D eigenvalue weighted by atomic mass is 32.1. The zero-order valence-corrected chi connectivity index (χ0v) is 8.07. The SMILES string of the molecule is O=C(Cc1ccncc1)c1cnns1. The molecular weight excluding hydrogens is 198 g/mol. The summed E-state index contributed by atoms with van der Waals surface area (Å²) in [7, 11) is 0. The van der Waals surface area contributed by atoms with Crippen LogP contribution in [-0.4, -0.2) is 20.4 Å². The Morgan fingerprint density at radius 3 is 2.79 bits per heavy atom. The average molecular weight is 205 g/mol. The number of hydrogen-bond donors (Lipinski definition) is 0. The lowest BCUT2D eigenvalue weighted by molar-refractivity contribution is 0.0996. The van der Waals surface area contributed by atoms with E-state index < -0.39 is 0 Å². The van der Waals surface area contributed by atoms with Crippen LogP contribution in [0.25, 0.3) is 0 Å². The molecule has 0 unspecified atom stereocenters. The van der Waals surface area contributed by atoms with Crippen LogP contribution in [0.2, 0.25) is 0 Å². The zero-order valence-electron chi connectivity index (χ0n) is 7.25. The van der Waals surface area contributed by atoms with Crippen molar-refractivity contribution in [2.45, 2.75) is 6.42 Å². The molecule has 14 heavy (non-hydrogen) atoms. The van der Waals surface area contributed by atoms with Crippen molar-refractivity contribution in [3.05, 3.63) is 41.2 Å². The number of carbonyl (C=O) groups is 1. The van der Waals surface area contributed by atoms with Crippen LogP contribution in [0.5, 0.6) is 0 Å². The second-order valence-electron chi connectivity index (χ2n) is 2.74. The minimum atomic E-state index is 0.0474. The molecule has 0 saturated carbocycles. The molecule has 2 rings (SSSR count). The summed E-state index contributed by atoms with van der Waals surface area (Å²) in [4.78, 5) is 16.1. The molecule has 0 N–H and O–H groups in total. The van der Waals surface area contributed by atoms with Crippen LogP contribution >= 0.6 is 11.5 Å². The Morgan fingerprint density at radius 1 is 1.36 bits per heavy atom. The highest BCUT2D eigenvalue weighted by molar-refractivity contribution is 7.07. The molecule has 2 aromatic heterocycles. The molecule has 0 fully saturated rings. The lowest BCUT2D eigenvalue weighted by atomic mass is 10.1. The van der Waals surface area contributed by atoms with Crippen LogP contribution in [0.15, 0.2) is 30.7 Å². The summed E-state index contributed by atoms with van der Waals surface area (Å²) in [5.41, 5.74) is 0.957. The molecule has 0 aliphatic rings. The number of pyridine rings is 1. The van der Waals surface area contributed by atoms with E-state index in [0.29, 0.717) is 11.3 Å². The van der Waals surface area contributed by atoms with Gasteiger partial charge in [-0.15, -0.1) is 5.10 Å². The van der Waals surface area contributed by atoms with Gasteiger partial charge in [0.25, 0.3) is 0 Å². The van der Waals surface area contributed by atoms with Crippen LogP contribution in [0, 0.1) is 0 Å². The molecule has 2 aromatic rings. The van der Waals surface area contributed by atoms with Gasteiger partial charge < -0.3 is 0 Å². The maximum absolute atomic E-state index is 11.6. The lowest BCUT2D eigenvalue weighted by Gasteiger charge is -1.96. The van der Waals surface area contributed by atoms with Gasteiger partial charge in [-0.05, 0) is 29.2 Å². The quantitative estimate of drug-likeness (QED) is 0.710. The van der Waals surface area contributed by atoms with Crippen molar-refractivity contribution in [2.24, 2.45) is 0 Å². The molecule has 2 heterocycles. The van der Waals surface area contributed by atoms with Crippen LogP contribution in [-0.2, 0) is 6.42 Å². The molecule has 0 saturated heterocycles. The van der Waals surface area contributed by atoms with E-state index in [1.807, 2.05) is 12.1 Å². The molecule has 0 radical (unpaired) electrons. The number of Topliss-reactive ketones (excluding diaryl/α,β-unsaturated/α-hetero) is 1. The van der Waals surface area contributed by atoms with Crippen LogP contribution in [0.4, 0.5) is 0 Å². The third-order valence-electron chi connectivity index (χ3n) is 1.75. The van der Waals surface area contributed by atoms with Gasteiger partial charge in [0, 0.05) is 18.8 Å². The normalized spacial score (nSPS) is 10.0. The number of nitrogens with zero attached hydrogens (tertiary/aromatic N) is 3. The first-order valence-corrected chi connectivity index (χ1v) is 4.83. The molecule has 0 aromatic carbocycles. The monoisotopic (exact) mass is 205 g/mol. The summed E-state index contributed by atoms with van der Waals surface area (Å²) < 4.78 is 3.64. The summed E-state index contributed by atoms with van der Waals surface area (Å²) in [5, 5.41) is 3.62. The smallest absolute Gasteiger partial charge is 0.180 e. The van der Waals surface area contributed by atoms with Gasteiger partial charge in [-0.25, -0.2) is 0 Å². The molecule has 0 bridgehead atoms. The van der Waals surface area contributed by atoms with Crippen molar-refractivity contribution in [1.82, 2.24) is 14.6 Å². The number of aromatic nitrogens is 3. The van der Waals surface area contributed by atoms with Crippen molar-refractivity contribution in [3.8, 4) is 0 Å². The van der Waals surface area contributed by atoms with Gasteiger partial charge in [-0.3, -0.25) is 9.78 Å². The van der Waals surface area contributed by atoms with Gasteiger partial charge >= 0.3 is 0 Å². The second kappa shape index (κ2) is 4.06. The Kier molecular flexibility index (Phi) is 2.60. The molecule has 0 amide bonds. The molecule has 5 heteroatoms. The molecular formula is C9H7N3OS. The number of carbonyl (C=O) groups excluding carboxylic acids is 1. The number of hydrogen-bond acceptors (Lipinski definition) is 5. The predicted molar refractivity (Wildman–Crippen MR) is 52.2 cm³/mol. The fourth-order valence-electron chi connectivity index (χ4n) is 1.06. The summed E-state index contributed by atoms with van der Waals surface area (Å²) >= 11 is 1.12. The van der Waals surface area contributed by atoms with E-state index >= 15 is 0 Å². The predicted octanol–water partition coefficient (Wildman–Crippen LogP) is 1.36. The van der Waals surface area contributed by atoms with E-state index in [1.165, 1.54) is 6.20 Å². The number of ketones is 1. The Balaban J connectivity index is 2.10. The maximum atomic E-state index is 11.6. The number of rotatable bonds is 3. The van der Waals surface area contributed by atoms with Crippen molar-refractivity contribution in [1.29, 1.82) is 0 Å². The van der Waals surface area contributed by atoms with E-state index in [1.54, 1.807) is 12.4 Å². The topological polar surface area (TPSA) is 55.7 Å². The van der Waals surface area contributed by atoms with Gasteiger partial charge in [-0.2, -0.15) is 0 Å². The largest absolute Gasteiger partial charge is 0.293 e. The zero-order chi connectivity index (χ0) is 9.80. The van der Waals surface area contributed by atoms with Crippen LogP contribution in [0.3, 0.4) is 0 Å². The first-order chi connectivity index (χ1) is 6.86. The summed E-state index contributed by atoms with van der Waals surface area (Å²) in [6.07, 6.45) is 5.22. The van der Waals surface area contributed by atoms with E-state index in [0.717, 1.165) is 17.1 Å². The Bertz CT molecular complexity index is 413. The highest BCUT2D eigenvalue weighted by Gasteiger charge is 2.08. The Labute approximate surface area is 84.8 Å². The van der Waals surface area contributed by atoms with Crippen LogP contribution in [0.1, 0.15) is 15.2 Å².